The summed E-state index contributed by atoms with van der Waals surface area (Å²) in [4.78, 5) is 2.16. The molecular weight excluding hydrogens is 359 g/mol. The van der Waals surface area contributed by atoms with Crippen LogP contribution in [-0.2, 0) is 19.8 Å². The fourth-order valence-corrected chi connectivity index (χ4v) is 3.26. The molecule has 6 heteroatoms. The number of nitrogens with zero attached hydrogens (tertiary/aromatic N) is 4. The van der Waals surface area contributed by atoms with Gasteiger partial charge in [-0.25, -0.2) is 9.07 Å². The summed E-state index contributed by atoms with van der Waals surface area (Å²) in [5, 5.41) is 4.70. The highest BCUT2D eigenvalue weighted by molar-refractivity contribution is 7.71. The summed E-state index contributed by atoms with van der Waals surface area (Å²) in [6.45, 7) is 7.83. The van der Waals surface area contributed by atoms with E-state index in [0.29, 0.717) is 23.8 Å². The average Bonchev–Trinajstić information content (AvgIpc) is 2.94. The maximum absolute atomic E-state index is 13.3. The van der Waals surface area contributed by atoms with Crippen molar-refractivity contribution in [3.05, 3.63) is 82.9 Å². The minimum Gasteiger partial charge on any atom is -0.296 e. The van der Waals surface area contributed by atoms with Crippen molar-refractivity contribution in [1.29, 1.82) is 0 Å². The van der Waals surface area contributed by atoms with E-state index in [-0.39, 0.29) is 5.82 Å². The summed E-state index contributed by atoms with van der Waals surface area (Å²) in [5.41, 5.74) is 3.36. The fourth-order valence-electron chi connectivity index (χ4n) is 3.00. The molecule has 0 N–H and O–H groups in total. The molecular formula is C21H23FN4S. The summed E-state index contributed by atoms with van der Waals surface area (Å²) in [6.07, 6.45) is 1.78. The Morgan fingerprint density at radius 3 is 2.56 bits per heavy atom. The predicted octanol–water partition coefficient (Wildman–Crippen LogP) is 4.80. The van der Waals surface area contributed by atoms with Crippen molar-refractivity contribution in [2.45, 2.75) is 26.7 Å². The zero-order valence-corrected chi connectivity index (χ0v) is 16.4. The summed E-state index contributed by atoms with van der Waals surface area (Å²) in [6, 6.07) is 14.6. The summed E-state index contributed by atoms with van der Waals surface area (Å²) in [5.74, 6) is 0.439. The lowest BCUT2D eigenvalue weighted by molar-refractivity contribution is 0.243. The van der Waals surface area contributed by atoms with Gasteiger partial charge in [0.1, 0.15) is 5.82 Å². The van der Waals surface area contributed by atoms with Crippen LogP contribution in [0, 0.1) is 17.5 Å². The van der Waals surface area contributed by atoms with Gasteiger partial charge in [0.25, 0.3) is 0 Å². The molecule has 0 fully saturated rings. The number of allylic oxidation sites excluding steroid dienone is 1. The van der Waals surface area contributed by atoms with Crippen molar-refractivity contribution < 1.29 is 4.39 Å². The first-order valence-electron chi connectivity index (χ1n) is 8.77. The Labute approximate surface area is 164 Å². The van der Waals surface area contributed by atoms with Gasteiger partial charge in [0.05, 0.1) is 6.67 Å². The van der Waals surface area contributed by atoms with Crippen LogP contribution in [0.4, 0.5) is 4.39 Å². The third-order valence-corrected chi connectivity index (χ3v) is 4.84. The van der Waals surface area contributed by atoms with E-state index in [1.165, 1.54) is 23.3 Å². The lowest BCUT2D eigenvalue weighted by Gasteiger charge is -2.17. The normalized spacial score (nSPS) is 11.1. The maximum atomic E-state index is 13.3. The lowest BCUT2D eigenvalue weighted by Crippen LogP contribution is -2.23. The highest BCUT2D eigenvalue weighted by Crippen LogP contribution is 2.19. The van der Waals surface area contributed by atoms with Crippen molar-refractivity contribution in [3.8, 4) is 11.4 Å². The van der Waals surface area contributed by atoms with E-state index in [9.17, 15) is 4.39 Å². The molecule has 0 radical (unpaired) electrons. The molecule has 3 rings (SSSR count). The number of hydrogen-bond donors (Lipinski definition) is 0. The van der Waals surface area contributed by atoms with E-state index in [4.69, 9.17) is 17.3 Å². The first kappa shape index (κ1) is 19.2. The Kier molecular flexibility index (Phi) is 5.98. The molecule has 0 aliphatic heterocycles. The summed E-state index contributed by atoms with van der Waals surface area (Å²) < 4.78 is 17.6. The molecule has 0 aliphatic carbocycles. The molecule has 0 atom stereocenters. The molecule has 27 heavy (non-hydrogen) atoms. The molecule has 2 aromatic carbocycles. The van der Waals surface area contributed by atoms with E-state index < -0.39 is 0 Å². The second-order valence-electron chi connectivity index (χ2n) is 6.59. The standard InChI is InChI=1S/C21H23FN4S/c1-4-13-25-20(17-9-11-19(22)12-10-17)23-26(21(25)27)15-24(3)14-18-8-6-5-7-16(18)2/h4-12H,1,13-15H2,2-3H3. The zero-order chi connectivity index (χ0) is 19.4. The van der Waals surface area contributed by atoms with Gasteiger partial charge in [-0.1, -0.05) is 30.3 Å². The topological polar surface area (TPSA) is 26.0 Å². The van der Waals surface area contributed by atoms with Crippen LogP contribution in [-0.4, -0.2) is 26.3 Å². The van der Waals surface area contributed by atoms with Crippen LogP contribution in [0.25, 0.3) is 11.4 Å². The van der Waals surface area contributed by atoms with Crippen LogP contribution < -0.4 is 0 Å². The van der Waals surface area contributed by atoms with E-state index in [1.807, 2.05) is 23.7 Å². The number of hydrogen-bond acceptors (Lipinski definition) is 3. The highest BCUT2D eigenvalue weighted by atomic mass is 32.1. The second-order valence-corrected chi connectivity index (χ2v) is 6.96. The Bertz CT molecular complexity index is 988. The minimum atomic E-state index is -0.273. The molecule has 0 saturated carbocycles. The smallest absolute Gasteiger partial charge is 0.199 e. The van der Waals surface area contributed by atoms with Crippen molar-refractivity contribution in [1.82, 2.24) is 19.2 Å². The number of benzene rings is 2. The first-order chi connectivity index (χ1) is 13.0. The first-order valence-corrected chi connectivity index (χ1v) is 9.18. The van der Waals surface area contributed by atoms with Crippen LogP contribution in [0.3, 0.4) is 0 Å². The third-order valence-electron chi connectivity index (χ3n) is 4.41. The number of aromatic nitrogens is 3. The number of aryl methyl sites for hydroxylation is 1. The molecule has 0 amide bonds. The Hall–Kier alpha value is -2.57. The van der Waals surface area contributed by atoms with Gasteiger partial charge < -0.3 is 0 Å². The van der Waals surface area contributed by atoms with Crippen molar-refractivity contribution >= 4 is 12.2 Å². The molecule has 0 saturated heterocycles. The van der Waals surface area contributed by atoms with Crippen LogP contribution in [0.15, 0.2) is 61.2 Å². The molecule has 0 spiro atoms. The Morgan fingerprint density at radius 2 is 1.89 bits per heavy atom. The number of halogens is 1. The van der Waals surface area contributed by atoms with E-state index >= 15 is 0 Å². The van der Waals surface area contributed by atoms with Crippen LogP contribution in [0.1, 0.15) is 11.1 Å². The predicted molar refractivity (Wildman–Crippen MR) is 109 cm³/mol. The maximum Gasteiger partial charge on any atom is 0.199 e. The van der Waals surface area contributed by atoms with E-state index in [1.54, 1.807) is 22.9 Å². The summed E-state index contributed by atoms with van der Waals surface area (Å²) in [7, 11) is 2.04. The quantitative estimate of drug-likeness (QED) is 0.433. The van der Waals surface area contributed by atoms with Gasteiger partial charge in [0.15, 0.2) is 10.6 Å². The van der Waals surface area contributed by atoms with Gasteiger partial charge in [0.2, 0.25) is 0 Å². The molecule has 0 aliphatic rings. The fraction of sp³-hybridized carbons (Fsp3) is 0.238. The van der Waals surface area contributed by atoms with E-state index in [0.717, 1.165) is 12.1 Å². The van der Waals surface area contributed by atoms with Crippen molar-refractivity contribution in [2.24, 2.45) is 0 Å². The van der Waals surface area contributed by atoms with Gasteiger partial charge in [-0.2, -0.15) is 5.10 Å². The lowest BCUT2D eigenvalue weighted by atomic mass is 10.1. The highest BCUT2D eigenvalue weighted by Gasteiger charge is 2.13. The second kappa shape index (κ2) is 8.41. The van der Waals surface area contributed by atoms with Gasteiger partial charge >= 0.3 is 0 Å². The Balaban J connectivity index is 1.88. The molecule has 0 bridgehead atoms. The third kappa shape index (κ3) is 4.40. The molecule has 1 aromatic heterocycles. The molecule has 0 unspecified atom stereocenters. The summed E-state index contributed by atoms with van der Waals surface area (Å²) >= 11 is 5.63. The molecule has 4 nitrogen and oxygen atoms in total. The van der Waals surface area contributed by atoms with Gasteiger partial charge in [-0.05, 0) is 61.6 Å². The molecule has 140 valence electrons. The van der Waals surface area contributed by atoms with Crippen molar-refractivity contribution in [2.75, 3.05) is 7.05 Å². The van der Waals surface area contributed by atoms with Crippen LogP contribution in [0.2, 0.25) is 0 Å². The largest absolute Gasteiger partial charge is 0.296 e. The van der Waals surface area contributed by atoms with Crippen LogP contribution in [0.5, 0.6) is 0 Å². The molecule has 1 heterocycles. The van der Waals surface area contributed by atoms with Crippen molar-refractivity contribution in [3.63, 3.8) is 0 Å². The SMILES string of the molecule is C=CCn1c(-c2ccc(F)cc2)nn(CN(C)Cc2ccccc2C)c1=S. The van der Waals surface area contributed by atoms with E-state index in [2.05, 4.69) is 30.5 Å². The zero-order valence-electron chi connectivity index (χ0n) is 15.6. The molecule has 3 aromatic rings. The number of rotatable bonds is 7. The van der Waals surface area contributed by atoms with Gasteiger partial charge in [-0.3, -0.25) is 9.47 Å². The van der Waals surface area contributed by atoms with Gasteiger partial charge in [-0.15, -0.1) is 6.58 Å². The minimum absolute atomic E-state index is 0.273. The van der Waals surface area contributed by atoms with Crippen LogP contribution >= 0.6 is 12.2 Å². The monoisotopic (exact) mass is 382 g/mol. The average molecular weight is 383 g/mol. The Morgan fingerprint density at radius 1 is 1.19 bits per heavy atom. The van der Waals surface area contributed by atoms with Gasteiger partial charge in [0, 0.05) is 18.7 Å².